The summed E-state index contributed by atoms with van der Waals surface area (Å²) in [7, 11) is 0. The van der Waals surface area contributed by atoms with Crippen LogP contribution in [0.2, 0.25) is 0 Å². The van der Waals surface area contributed by atoms with E-state index in [9.17, 15) is 9.59 Å². The van der Waals surface area contributed by atoms with Crippen molar-refractivity contribution in [2.75, 3.05) is 6.61 Å². The fourth-order valence-electron chi connectivity index (χ4n) is 5.21. The molecule has 3 aromatic heterocycles. The van der Waals surface area contributed by atoms with Gasteiger partial charge in [0.05, 0.1) is 22.4 Å². The van der Waals surface area contributed by atoms with Gasteiger partial charge < -0.3 is 13.7 Å². The van der Waals surface area contributed by atoms with Crippen LogP contribution >= 0.6 is 11.3 Å². The Labute approximate surface area is 225 Å². The molecule has 4 heterocycles. The monoisotopic (exact) mass is 529 g/mol. The molecule has 0 aliphatic carbocycles. The van der Waals surface area contributed by atoms with Crippen molar-refractivity contribution in [2.24, 2.45) is 4.99 Å². The van der Waals surface area contributed by atoms with Crippen LogP contribution in [0, 0.1) is 34.6 Å². The Morgan fingerprint density at radius 2 is 1.79 bits per heavy atom. The van der Waals surface area contributed by atoms with Crippen molar-refractivity contribution in [3.63, 3.8) is 0 Å². The van der Waals surface area contributed by atoms with Crippen molar-refractivity contribution >= 4 is 23.4 Å². The molecule has 0 fully saturated rings. The van der Waals surface area contributed by atoms with Gasteiger partial charge in [0.15, 0.2) is 4.80 Å². The lowest BCUT2D eigenvalue weighted by molar-refractivity contribution is -0.139. The van der Waals surface area contributed by atoms with Crippen molar-refractivity contribution in [1.29, 1.82) is 0 Å². The minimum absolute atomic E-state index is 0.222. The number of benzene rings is 1. The summed E-state index contributed by atoms with van der Waals surface area (Å²) in [6.07, 6.45) is 1.92. The first-order valence-corrected chi connectivity index (χ1v) is 13.4. The van der Waals surface area contributed by atoms with Crippen LogP contribution < -0.4 is 14.9 Å². The standard InChI is InChI=1S/C30H31N3O4S/c1-8-36-29(35)26-20(6)31-30-33(27(26)24-10-9-19(5)37-24)28(34)25(38-30)15-22-14-18(4)32(21(22)7)23-12-16(2)11-17(3)13-23/h9-15,27H,8H2,1-7H3/b25-15+/t27-/m0/s1. The van der Waals surface area contributed by atoms with Crippen LogP contribution in [0.25, 0.3) is 11.8 Å². The van der Waals surface area contributed by atoms with Crippen LogP contribution in [0.15, 0.2) is 61.9 Å². The van der Waals surface area contributed by atoms with E-state index < -0.39 is 12.0 Å². The first kappa shape index (κ1) is 25.7. The molecular weight excluding hydrogens is 498 g/mol. The number of rotatable bonds is 5. The van der Waals surface area contributed by atoms with E-state index in [4.69, 9.17) is 9.15 Å². The average molecular weight is 530 g/mol. The van der Waals surface area contributed by atoms with Crippen molar-refractivity contribution in [3.8, 4) is 5.69 Å². The number of aromatic nitrogens is 2. The van der Waals surface area contributed by atoms with Crippen molar-refractivity contribution in [3.05, 3.63) is 107 Å². The zero-order valence-corrected chi connectivity index (χ0v) is 23.5. The maximum atomic E-state index is 13.9. The lowest BCUT2D eigenvalue weighted by Gasteiger charge is -2.22. The summed E-state index contributed by atoms with van der Waals surface area (Å²) in [6.45, 7) is 13.9. The maximum Gasteiger partial charge on any atom is 0.338 e. The maximum absolute atomic E-state index is 13.9. The van der Waals surface area contributed by atoms with Gasteiger partial charge in [-0.15, -0.1) is 0 Å². The molecule has 0 amide bonds. The molecular formula is C30H31N3O4S. The minimum Gasteiger partial charge on any atom is -0.464 e. The molecule has 0 spiro atoms. The third-order valence-corrected chi connectivity index (χ3v) is 7.75. The van der Waals surface area contributed by atoms with Crippen molar-refractivity contribution in [1.82, 2.24) is 9.13 Å². The third-order valence-electron chi connectivity index (χ3n) is 6.77. The average Bonchev–Trinajstić information content (AvgIpc) is 3.48. The Bertz CT molecular complexity index is 1770. The topological polar surface area (TPSA) is 78.7 Å². The molecule has 0 bridgehead atoms. The van der Waals surface area contributed by atoms with Gasteiger partial charge in [-0.2, -0.15) is 0 Å². The second-order valence-corrected chi connectivity index (χ2v) is 10.8. The first-order valence-electron chi connectivity index (χ1n) is 12.6. The number of carbonyl (C=O) groups is 1. The van der Waals surface area contributed by atoms with Gasteiger partial charge in [0.1, 0.15) is 17.6 Å². The summed E-state index contributed by atoms with van der Waals surface area (Å²) in [5.74, 6) is 0.693. The van der Waals surface area contributed by atoms with Crippen LogP contribution in [0.1, 0.15) is 59.5 Å². The zero-order chi connectivity index (χ0) is 27.3. The molecule has 196 valence electrons. The van der Waals surface area contributed by atoms with Crippen molar-refractivity contribution < 1.29 is 13.9 Å². The molecule has 0 saturated heterocycles. The second kappa shape index (κ2) is 9.76. The number of esters is 1. The second-order valence-electron chi connectivity index (χ2n) is 9.76. The highest BCUT2D eigenvalue weighted by atomic mass is 32.1. The number of ether oxygens (including phenoxy) is 1. The normalized spacial score (nSPS) is 15.6. The molecule has 8 heteroatoms. The van der Waals surface area contributed by atoms with E-state index in [1.807, 2.05) is 19.1 Å². The summed E-state index contributed by atoms with van der Waals surface area (Å²) in [6, 6.07) is 11.4. The number of aryl methyl sites for hydroxylation is 4. The summed E-state index contributed by atoms with van der Waals surface area (Å²) >= 11 is 1.31. The Morgan fingerprint density at radius 1 is 1.08 bits per heavy atom. The molecule has 38 heavy (non-hydrogen) atoms. The highest BCUT2D eigenvalue weighted by Crippen LogP contribution is 2.32. The predicted octanol–water partition coefficient (Wildman–Crippen LogP) is 4.72. The molecule has 7 nitrogen and oxygen atoms in total. The van der Waals surface area contributed by atoms with Crippen LogP contribution in [-0.2, 0) is 9.53 Å². The van der Waals surface area contributed by atoms with Crippen LogP contribution in [0.5, 0.6) is 0 Å². The van der Waals surface area contributed by atoms with Gasteiger partial charge in [-0.25, -0.2) is 9.79 Å². The number of thiazole rings is 1. The lowest BCUT2D eigenvalue weighted by Crippen LogP contribution is -2.39. The molecule has 1 aromatic carbocycles. The Balaban J connectivity index is 1.69. The molecule has 0 radical (unpaired) electrons. The molecule has 1 atom stereocenters. The Morgan fingerprint density at radius 3 is 2.42 bits per heavy atom. The van der Waals surface area contributed by atoms with E-state index in [0.717, 1.165) is 22.6 Å². The highest BCUT2D eigenvalue weighted by molar-refractivity contribution is 7.07. The number of furan rings is 1. The molecule has 1 aliphatic heterocycles. The minimum atomic E-state index is -0.746. The largest absolute Gasteiger partial charge is 0.464 e. The van der Waals surface area contributed by atoms with Gasteiger partial charge in [0.25, 0.3) is 5.56 Å². The number of hydrogen-bond acceptors (Lipinski definition) is 6. The number of allylic oxidation sites excluding steroid dienone is 1. The summed E-state index contributed by atoms with van der Waals surface area (Å²) in [4.78, 5) is 32.0. The van der Waals surface area contributed by atoms with Crippen LogP contribution in [-0.4, -0.2) is 21.7 Å². The van der Waals surface area contributed by atoms with Gasteiger partial charge in [-0.3, -0.25) is 9.36 Å². The van der Waals surface area contributed by atoms with E-state index in [1.54, 1.807) is 24.5 Å². The van der Waals surface area contributed by atoms with E-state index >= 15 is 0 Å². The SMILES string of the molecule is CCOC(=O)C1=C(C)N=c2s/c(=C/c3cc(C)n(-c4cc(C)cc(C)c4)c3C)c(=O)n2[C@H]1c1ccc(C)o1. The summed E-state index contributed by atoms with van der Waals surface area (Å²) < 4.78 is 15.6. The van der Waals surface area contributed by atoms with Gasteiger partial charge in [-0.05, 0) is 102 Å². The first-order chi connectivity index (χ1) is 18.1. The Kier molecular flexibility index (Phi) is 6.61. The van der Waals surface area contributed by atoms with Gasteiger partial charge in [-0.1, -0.05) is 17.4 Å². The summed E-state index contributed by atoms with van der Waals surface area (Å²) in [5.41, 5.74) is 7.18. The molecule has 4 aromatic rings. The van der Waals surface area contributed by atoms with Crippen LogP contribution in [0.4, 0.5) is 0 Å². The molecule has 5 rings (SSSR count). The van der Waals surface area contributed by atoms with Gasteiger partial charge in [0, 0.05) is 17.1 Å². The smallest absolute Gasteiger partial charge is 0.338 e. The van der Waals surface area contributed by atoms with E-state index in [2.05, 4.69) is 61.5 Å². The summed E-state index contributed by atoms with van der Waals surface area (Å²) in [5, 5.41) is 0. The quantitative estimate of drug-likeness (QED) is 0.351. The Hall–Kier alpha value is -3.91. The molecule has 0 saturated carbocycles. The van der Waals surface area contributed by atoms with Gasteiger partial charge >= 0.3 is 5.97 Å². The van der Waals surface area contributed by atoms with Crippen molar-refractivity contribution in [2.45, 2.75) is 54.5 Å². The number of carbonyl (C=O) groups excluding carboxylic acids is 1. The van der Waals surface area contributed by atoms with Gasteiger partial charge in [0.2, 0.25) is 0 Å². The molecule has 1 aliphatic rings. The number of nitrogens with zero attached hydrogens (tertiary/aromatic N) is 3. The zero-order valence-electron chi connectivity index (χ0n) is 22.7. The lowest BCUT2D eigenvalue weighted by atomic mass is 10.0. The number of hydrogen-bond donors (Lipinski definition) is 0. The fraction of sp³-hybridized carbons (Fsp3) is 0.300. The molecule has 0 unspecified atom stereocenters. The third kappa shape index (κ3) is 4.39. The molecule has 0 N–H and O–H groups in total. The fourth-order valence-corrected chi connectivity index (χ4v) is 6.25. The highest BCUT2D eigenvalue weighted by Gasteiger charge is 2.35. The number of fused-ring (bicyclic) bond motifs is 1. The van der Waals surface area contributed by atoms with Crippen LogP contribution in [0.3, 0.4) is 0 Å². The van der Waals surface area contributed by atoms with E-state index in [1.165, 1.54) is 22.5 Å². The van der Waals surface area contributed by atoms with E-state index in [0.29, 0.717) is 32.1 Å². The van der Waals surface area contributed by atoms with E-state index in [-0.39, 0.29) is 12.2 Å². The predicted molar refractivity (Wildman–Crippen MR) is 149 cm³/mol.